The number of methoxy groups -OCH3 is 1. The van der Waals surface area contributed by atoms with E-state index in [2.05, 4.69) is 58.5 Å². The molecule has 31 heavy (non-hydrogen) atoms. The van der Waals surface area contributed by atoms with Gasteiger partial charge < -0.3 is 14.5 Å². The molecule has 0 N–H and O–H groups in total. The Kier molecular flexibility index (Phi) is 5.24. The molecule has 1 saturated heterocycles. The number of rotatable bonds is 4. The molecule has 1 aliphatic rings. The Balaban J connectivity index is 1.47. The smallest absolute Gasteiger partial charge is 0.141 e. The number of aryl methyl sites for hydroxylation is 2. The average molecular weight is 431 g/mol. The van der Waals surface area contributed by atoms with Crippen molar-refractivity contribution >= 4 is 33.1 Å². The molecule has 6 heteroatoms. The van der Waals surface area contributed by atoms with E-state index in [0.717, 1.165) is 53.8 Å². The molecule has 2 aromatic heterocycles. The van der Waals surface area contributed by atoms with Crippen molar-refractivity contribution in [3.8, 4) is 16.9 Å². The van der Waals surface area contributed by atoms with Crippen LogP contribution in [0.4, 0.5) is 11.5 Å². The molecule has 2 aromatic carbocycles. The summed E-state index contributed by atoms with van der Waals surface area (Å²) in [4.78, 5) is 15.6. The summed E-state index contributed by atoms with van der Waals surface area (Å²) in [7, 11) is 1.69. The molecule has 0 atom stereocenters. The van der Waals surface area contributed by atoms with Crippen LogP contribution in [0.2, 0.25) is 0 Å². The number of ether oxygens (including phenoxy) is 1. The average Bonchev–Trinajstić information content (AvgIpc) is 3.22. The summed E-state index contributed by atoms with van der Waals surface area (Å²) in [5.41, 5.74) is 4.96. The quantitative estimate of drug-likeness (QED) is 0.439. The zero-order chi connectivity index (χ0) is 21.4. The summed E-state index contributed by atoms with van der Waals surface area (Å²) in [5, 5.41) is 3.36. The lowest BCUT2D eigenvalue weighted by Crippen LogP contribution is -2.47. The van der Waals surface area contributed by atoms with Crippen LogP contribution in [-0.4, -0.2) is 43.3 Å². The summed E-state index contributed by atoms with van der Waals surface area (Å²) >= 11 is 1.69. The zero-order valence-corrected chi connectivity index (χ0v) is 18.9. The molecule has 5 rings (SSSR count). The molecule has 0 bridgehead atoms. The van der Waals surface area contributed by atoms with Crippen LogP contribution in [0.5, 0.6) is 5.75 Å². The third kappa shape index (κ3) is 3.83. The van der Waals surface area contributed by atoms with E-state index in [1.165, 1.54) is 22.4 Å². The number of hydrogen-bond acceptors (Lipinski definition) is 6. The Labute approximate surface area is 186 Å². The van der Waals surface area contributed by atoms with E-state index in [1.54, 1.807) is 18.4 Å². The number of anilines is 2. The molecule has 0 radical (unpaired) electrons. The Morgan fingerprint density at radius 2 is 1.65 bits per heavy atom. The number of fused-ring (bicyclic) bond motifs is 1. The maximum Gasteiger partial charge on any atom is 0.141 e. The van der Waals surface area contributed by atoms with Gasteiger partial charge in [-0.2, -0.15) is 0 Å². The fourth-order valence-electron chi connectivity index (χ4n) is 4.24. The van der Waals surface area contributed by atoms with Gasteiger partial charge in [0.1, 0.15) is 22.2 Å². The maximum atomic E-state index is 5.33. The molecule has 3 heterocycles. The van der Waals surface area contributed by atoms with Gasteiger partial charge in [0.25, 0.3) is 0 Å². The number of thiophene rings is 1. The van der Waals surface area contributed by atoms with E-state index in [4.69, 9.17) is 14.7 Å². The third-order valence-corrected chi connectivity index (χ3v) is 6.75. The zero-order valence-electron chi connectivity index (χ0n) is 18.1. The Morgan fingerprint density at radius 3 is 2.35 bits per heavy atom. The standard InChI is InChI=1S/C25H26N4OS/c1-17-5-4-6-20(15-17)28-11-13-29(14-12-28)24-23-22(16-31-25(23)27-18(2)26-24)19-7-9-21(30-3)10-8-19/h4-10,15-16H,11-14H2,1-3H3. The third-order valence-electron chi connectivity index (χ3n) is 5.87. The molecule has 1 fully saturated rings. The number of aromatic nitrogens is 2. The fraction of sp³-hybridized carbons (Fsp3) is 0.280. The largest absolute Gasteiger partial charge is 0.497 e. The van der Waals surface area contributed by atoms with Crippen LogP contribution in [0.15, 0.2) is 53.9 Å². The van der Waals surface area contributed by atoms with Crippen molar-refractivity contribution in [1.29, 1.82) is 0 Å². The SMILES string of the molecule is COc1ccc(-c2csc3nc(C)nc(N4CCN(c5cccc(C)c5)CC4)c23)cc1. The van der Waals surface area contributed by atoms with Crippen LogP contribution >= 0.6 is 11.3 Å². The van der Waals surface area contributed by atoms with E-state index < -0.39 is 0 Å². The first-order chi connectivity index (χ1) is 15.1. The topological polar surface area (TPSA) is 41.5 Å². The highest BCUT2D eigenvalue weighted by Gasteiger charge is 2.23. The van der Waals surface area contributed by atoms with Gasteiger partial charge in [0.2, 0.25) is 0 Å². The molecule has 158 valence electrons. The number of benzene rings is 2. The van der Waals surface area contributed by atoms with Gasteiger partial charge in [-0.25, -0.2) is 9.97 Å². The van der Waals surface area contributed by atoms with Gasteiger partial charge in [-0.1, -0.05) is 24.3 Å². The number of hydrogen-bond donors (Lipinski definition) is 0. The second-order valence-electron chi connectivity index (χ2n) is 7.97. The van der Waals surface area contributed by atoms with Crippen LogP contribution < -0.4 is 14.5 Å². The van der Waals surface area contributed by atoms with Crippen LogP contribution in [0.3, 0.4) is 0 Å². The molecule has 0 saturated carbocycles. The van der Waals surface area contributed by atoms with Gasteiger partial charge in [0.05, 0.1) is 12.5 Å². The fourth-order valence-corrected chi connectivity index (χ4v) is 5.23. The van der Waals surface area contributed by atoms with Crippen molar-refractivity contribution < 1.29 is 4.74 Å². The van der Waals surface area contributed by atoms with Crippen molar-refractivity contribution in [2.24, 2.45) is 0 Å². The van der Waals surface area contributed by atoms with Crippen LogP contribution in [0, 0.1) is 13.8 Å². The highest BCUT2D eigenvalue weighted by atomic mass is 32.1. The normalized spacial score (nSPS) is 14.3. The van der Waals surface area contributed by atoms with Gasteiger partial charge in [0.15, 0.2) is 0 Å². The summed E-state index contributed by atoms with van der Waals surface area (Å²) in [6.07, 6.45) is 0. The summed E-state index contributed by atoms with van der Waals surface area (Å²) in [6.45, 7) is 7.98. The first kappa shape index (κ1) is 19.8. The predicted molar refractivity (Wildman–Crippen MR) is 130 cm³/mol. The second-order valence-corrected chi connectivity index (χ2v) is 8.82. The summed E-state index contributed by atoms with van der Waals surface area (Å²) < 4.78 is 5.33. The van der Waals surface area contributed by atoms with Crippen molar-refractivity contribution in [3.63, 3.8) is 0 Å². The molecule has 5 nitrogen and oxygen atoms in total. The number of nitrogens with zero attached hydrogens (tertiary/aromatic N) is 4. The molecule has 1 aliphatic heterocycles. The highest BCUT2D eigenvalue weighted by molar-refractivity contribution is 7.17. The predicted octanol–water partition coefficient (Wildman–Crippen LogP) is 5.31. The van der Waals surface area contributed by atoms with Crippen molar-refractivity contribution in [2.75, 3.05) is 43.1 Å². The summed E-state index contributed by atoms with van der Waals surface area (Å²) in [6, 6.07) is 17.0. The summed E-state index contributed by atoms with van der Waals surface area (Å²) in [5.74, 6) is 2.74. The van der Waals surface area contributed by atoms with Gasteiger partial charge in [-0.15, -0.1) is 11.3 Å². The Morgan fingerprint density at radius 1 is 0.903 bits per heavy atom. The molecular weight excluding hydrogens is 404 g/mol. The molecule has 4 aromatic rings. The van der Waals surface area contributed by atoms with Crippen LogP contribution in [0.1, 0.15) is 11.4 Å². The minimum absolute atomic E-state index is 0.826. The molecule has 0 amide bonds. The van der Waals surface area contributed by atoms with Crippen LogP contribution in [0.25, 0.3) is 21.3 Å². The maximum absolute atomic E-state index is 5.33. The Hall–Kier alpha value is -3.12. The van der Waals surface area contributed by atoms with E-state index >= 15 is 0 Å². The van der Waals surface area contributed by atoms with Crippen molar-refractivity contribution in [3.05, 3.63) is 65.3 Å². The molecular formula is C25H26N4OS. The van der Waals surface area contributed by atoms with E-state index in [9.17, 15) is 0 Å². The van der Waals surface area contributed by atoms with Crippen molar-refractivity contribution in [2.45, 2.75) is 13.8 Å². The van der Waals surface area contributed by atoms with Crippen molar-refractivity contribution in [1.82, 2.24) is 9.97 Å². The van der Waals surface area contributed by atoms with Gasteiger partial charge in [0, 0.05) is 42.8 Å². The first-order valence-electron chi connectivity index (χ1n) is 10.6. The van der Waals surface area contributed by atoms with Gasteiger partial charge >= 0.3 is 0 Å². The minimum Gasteiger partial charge on any atom is -0.497 e. The molecule has 0 unspecified atom stereocenters. The lowest BCUT2D eigenvalue weighted by atomic mass is 10.1. The second kappa shape index (κ2) is 8.19. The van der Waals surface area contributed by atoms with E-state index in [0.29, 0.717) is 0 Å². The van der Waals surface area contributed by atoms with E-state index in [1.807, 2.05) is 19.1 Å². The highest BCUT2D eigenvalue weighted by Crippen LogP contribution is 2.39. The lowest BCUT2D eigenvalue weighted by molar-refractivity contribution is 0.415. The molecule has 0 spiro atoms. The Bertz CT molecular complexity index is 1210. The first-order valence-corrected chi connectivity index (χ1v) is 11.5. The lowest BCUT2D eigenvalue weighted by Gasteiger charge is -2.37. The number of piperazine rings is 1. The van der Waals surface area contributed by atoms with Gasteiger partial charge in [-0.3, -0.25) is 0 Å². The monoisotopic (exact) mass is 430 g/mol. The minimum atomic E-state index is 0.826. The molecule has 0 aliphatic carbocycles. The van der Waals surface area contributed by atoms with Crippen LogP contribution in [-0.2, 0) is 0 Å². The van der Waals surface area contributed by atoms with E-state index in [-0.39, 0.29) is 0 Å². The van der Waals surface area contributed by atoms with Gasteiger partial charge in [-0.05, 0) is 49.2 Å².